The summed E-state index contributed by atoms with van der Waals surface area (Å²) in [5, 5.41) is 3.46. The lowest BCUT2D eigenvalue weighted by Crippen LogP contribution is -2.48. The fourth-order valence-electron chi connectivity index (χ4n) is 3.32. The van der Waals surface area contributed by atoms with Gasteiger partial charge in [0.2, 0.25) is 0 Å². The molecule has 2 aliphatic rings. The maximum Gasteiger partial charge on any atom is 0.137 e. The number of aromatic nitrogens is 1. The predicted octanol–water partition coefficient (Wildman–Crippen LogP) is 1.87. The van der Waals surface area contributed by atoms with Gasteiger partial charge < -0.3 is 14.8 Å². The van der Waals surface area contributed by atoms with Crippen LogP contribution in [-0.2, 0) is 4.74 Å². The van der Waals surface area contributed by atoms with E-state index in [1.54, 1.807) is 12.4 Å². The van der Waals surface area contributed by atoms with Gasteiger partial charge in [-0.05, 0) is 49.9 Å². The summed E-state index contributed by atoms with van der Waals surface area (Å²) in [5.74, 6) is 1.36. The van der Waals surface area contributed by atoms with Crippen LogP contribution in [0.5, 0.6) is 5.75 Å². The Hall–Kier alpha value is -1.13. The van der Waals surface area contributed by atoms with E-state index in [4.69, 9.17) is 9.47 Å². The number of pyridine rings is 1. The van der Waals surface area contributed by atoms with Crippen LogP contribution in [0.4, 0.5) is 0 Å². The first-order valence-corrected chi connectivity index (χ1v) is 7.20. The van der Waals surface area contributed by atoms with Gasteiger partial charge in [0, 0.05) is 18.7 Å². The smallest absolute Gasteiger partial charge is 0.137 e. The molecule has 2 aliphatic heterocycles. The van der Waals surface area contributed by atoms with Crippen LogP contribution in [0, 0.1) is 11.3 Å². The molecule has 0 bridgehead atoms. The first kappa shape index (κ1) is 12.9. The topological polar surface area (TPSA) is 43.4 Å². The van der Waals surface area contributed by atoms with Crippen LogP contribution < -0.4 is 10.1 Å². The summed E-state index contributed by atoms with van der Waals surface area (Å²) in [6.07, 6.45) is 7.22. The number of hydrogen-bond donors (Lipinski definition) is 1. The highest BCUT2D eigenvalue weighted by Gasteiger charge is 2.42. The first-order chi connectivity index (χ1) is 9.39. The average Bonchev–Trinajstić information content (AvgIpc) is 2.48. The summed E-state index contributed by atoms with van der Waals surface area (Å²) in [6, 6.07) is 3.87. The Labute approximate surface area is 114 Å². The van der Waals surface area contributed by atoms with E-state index in [-0.39, 0.29) is 0 Å². The standard InChI is InChI=1S/C15H22N2O2/c1-2-14(10-17-6-1)19-12-13-11-18-9-5-15(13)3-7-16-8-4-15/h1-2,6,10,13,16H,3-5,7-9,11-12H2. The van der Waals surface area contributed by atoms with Crippen LogP contribution in [0.25, 0.3) is 0 Å². The summed E-state index contributed by atoms with van der Waals surface area (Å²) in [6.45, 7) is 4.74. The predicted molar refractivity (Wildman–Crippen MR) is 73.2 cm³/mol. The number of piperidine rings is 1. The van der Waals surface area contributed by atoms with E-state index in [9.17, 15) is 0 Å². The molecule has 4 nitrogen and oxygen atoms in total. The molecule has 1 atom stereocenters. The molecule has 1 aromatic rings. The third kappa shape index (κ3) is 2.90. The minimum Gasteiger partial charge on any atom is -0.492 e. The Kier molecular flexibility index (Phi) is 3.99. The highest BCUT2D eigenvalue weighted by molar-refractivity contribution is 5.15. The molecule has 104 valence electrons. The second kappa shape index (κ2) is 5.88. The van der Waals surface area contributed by atoms with Gasteiger partial charge in [-0.1, -0.05) is 0 Å². The van der Waals surface area contributed by atoms with Gasteiger partial charge in [-0.15, -0.1) is 0 Å². The van der Waals surface area contributed by atoms with Crippen molar-refractivity contribution in [2.24, 2.45) is 11.3 Å². The normalized spacial score (nSPS) is 26.2. The van der Waals surface area contributed by atoms with Gasteiger partial charge in [0.25, 0.3) is 0 Å². The molecule has 0 aromatic carbocycles. The molecule has 4 heteroatoms. The molecular formula is C15H22N2O2. The number of nitrogens with one attached hydrogen (secondary N) is 1. The zero-order chi connectivity index (χ0) is 13.0. The minimum atomic E-state index is 0.422. The van der Waals surface area contributed by atoms with Crippen LogP contribution in [0.1, 0.15) is 19.3 Å². The molecular weight excluding hydrogens is 240 g/mol. The van der Waals surface area contributed by atoms with Crippen LogP contribution >= 0.6 is 0 Å². The quantitative estimate of drug-likeness (QED) is 0.903. The largest absolute Gasteiger partial charge is 0.492 e. The van der Waals surface area contributed by atoms with E-state index in [1.807, 2.05) is 12.1 Å². The molecule has 19 heavy (non-hydrogen) atoms. The molecule has 1 unspecified atom stereocenters. The summed E-state index contributed by atoms with van der Waals surface area (Å²) in [7, 11) is 0. The molecule has 0 aliphatic carbocycles. The van der Waals surface area contributed by atoms with Gasteiger partial charge in [-0.25, -0.2) is 0 Å². The number of ether oxygens (including phenoxy) is 2. The van der Waals surface area contributed by atoms with Crippen molar-refractivity contribution < 1.29 is 9.47 Å². The molecule has 1 aromatic heterocycles. The van der Waals surface area contributed by atoms with Crippen molar-refractivity contribution in [1.29, 1.82) is 0 Å². The summed E-state index contributed by atoms with van der Waals surface area (Å²) in [4.78, 5) is 4.09. The molecule has 2 fully saturated rings. The van der Waals surface area contributed by atoms with Gasteiger partial charge in [0.1, 0.15) is 5.75 Å². The van der Waals surface area contributed by atoms with Gasteiger partial charge in [0.05, 0.1) is 19.4 Å². The van der Waals surface area contributed by atoms with E-state index in [1.165, 1.54) is 19.3 Å². The van der Waals surface area contributed by atoms with Crippen molar-refractivity contribution >= 4 is 0 Å². The number of rotatable bonds is 3. The Morgan fingerprint density at radius 3 is 3.05 bits per heavy atom. The number of nitrogens with zero attached hydrogens (tertiary/aromatic N) is 1. The SMILES string of the molecule is c1cncc(OCC2COCCC23CCNCC3)c1. The summed E-state index contributed by atoms with van der Waals surface area (Å²) < 4.78 is 11.6. The maximum atomic E-state index is 5.91. The van der Waals surface area contributed by atoms with E-state index >= 15 is 0 Å². The van der Waals surface area contributed by atoms with Gasteiger partial charge >= 0.3 is 0 Å². The fourth-order valence-corrected chi connectivity index (χ4v) is 3.32. The monoisotopic (exact) mass is 262 g/mol. The number of hydrogen-bond acceptors (Lipinski definition) is 4. The Morgan fingerprint density at radius 1 is 1.37 bits per heavy atom. The van der Waals surface area contributed by atoms with Gasteiger partial charge in [0.15, 0.2) is 0 Å². The fraction of sp³-hybridized carbons (Fsp3) is 0.667. The van der Waals surface area contributed by atoms with E-state index in [0.717, 1.165) is 38.7 Å². The molecule has 3 rings (SSSR count). The highest BCUT2D eigenvalue weighted by Crippen LogP contribution is 2.43. The Morgan fingerprint density at radius 2 is 2.26 bits per heavy atom. The van der Waals surface area contributed by atoms with Gasteiger partial charge in [-0.2, -0.15) is 0 Å². The Balaban J connectivity index is 1.64. The van der Waals surface area contributed by atoms with Crippen molar-refractivity contribution in [2.75, 3.05) is 32.9 Å². The zero-order valence-corrected chi connectivity index (χ0v) is 11.3. The lowest BCUT2D eigenvalue weighted by molar-refractivity contribution is -0.0721. The van der Waals surface area contributed by atoms with Crippen molar-refractivity contribution in [2.45, 2.75) is 19.3 Å². The van der Waals surface area contributed by atoms with Crippen LogP contribution in [0.2, 0.25) is 0 Å². The lowest BCUT2D eigenvalue weighted by atomic mass is 9.66. The van der Waals surface area contributed by atoms with Gasteiger partial charge in [-0.3, -0.25) is 4.98 Å². The second-order valence-corrected chi connectivity index (χ2v) is 5.63. The van der Waals surface area contributed by atoms with Crippen molar-refractivity contribution in [3.05, 3.63) is 24.5 Å². The summed E-state index contributed by atoms with van der Waals surface area (Å²) in [5.41, 5.74) is 0.422. The lowest BCUT2D eigenvalue weighted by Gasteiger charge is -2.46. The molecule has 2 saturated heterocycles. The molecule has 0 radical (unpaired) electrons. The van der Waals surface area contributed by atoms with E-state index in [0.29, 0.717) is 11.3 Å². The first-order valence-electron chi connectivity index (χ1n) is 7.20. The molecule has 1 N–H and O–H groups in total. The molecule has 1 spiro atoms. The average molecular weight is 262 g/mol. The van der Waals surface area contributed by atoms with Crippen molar-refractivity contribution in [3.63, 3.8) is 0 Å². The third-order valence-electron chi connectivity index (χ3n) is 4.61. The van der Waals surface area contributed by atoms with Crippen LogP contribution in [0.15, 0.2) is 24.5 Å². The van der Waals surface area contributed by atoms with Crippen molar-refractivity contribution in [3.8, 4) is 5.75 Å². The van der Waals surface area contributed by atoms with Crippen LogP contribution in [-0.4, -0.2) is 37.9 Å². The van der Waals surface area contributed by atoms with Crippen molar-refractivity contribution in [1.82, 2.24) is 10.3 Å². The molecule has 0 amide bonds. The summed E-state index contributed by atoms with van der Waals surface area (Å²) >= 11 is 0. The Bertz CT molecular complexity index is 382. The molecule has 0 saturated carbocycles. The van der Waals surface area contributed by atoms with Crippen LogP contribution in [0.3, 0.4) is 0 Å². The zero-order valence-electron chi connectivity index (χ0n) is 11.3. The molecule has 3 heterocycles. The second-order valence-electron chi connectivity index (χ2n) is 5.63. The third-order valence-corrected chi connectivity index (χ3v) is 4.61. The maximum absolute atomic E-state index is 5.91. The van der Waals surface area contributed by atoms with E-state index < -0.39 is 0 Å². The highest BCUT2D eigenvalue weighted by atomic mass is 16.5. The minimum absolute atomic E-state index is 0.422. The van der Waals surface area contributed by atoms with E-state index in [2.05, 4.69) is 10.3 Å².